The quantitative estimate of drug-likeness (QED) is 0.868. The van der Waals surface area contributed by atoms with E-state index >= 15 is 0 Å². The number of Topliss-reactive ketones (excluding diaryl/α,β-unsaturated/α-hetero) is 1. The molecule has 0 bridgehead atoms. The van der Waals surface area contributed by atoms with E-state index in [2.05, 4.69) is 5.32 Å². The van der Waals surface area contributed by atoms with E-state index in [0.29, 0.717) is 17.8 Å². The summed E-state index contributed by atoms with van der Waals surface area (Å²) in [4.78, 5) is 23.5. The number of carbonyl (C=O) groups is 2. The van der Waals surface area contributed by atoms with Gasteiger partial charge in [0.2, 0.25) is 0 Å². The maximum atomic E-state index is 12.1. The molecule has 0 atom stereocenters. The van der Waals surface area contributed by atoms with Gasteiger partial charge in [-0.05, 0) is 31.0 Å². The van der Waals surface area contributed by atoms with Gasteiger partial charge >= 0.3 is 0 Å². The molecule has 104 valence electrons. The van der Waals surface area contributed by atoms with Crippen LogP contribution < -0.4 is 5.32 Å². The summed E-state index contributed by atoms with van der Waals surface area (Å²) in [5, 5.41) is 2.88. The molecule has 0 fully saturated rings. The highest BCUT2D eigenvalue weighted by Crippen LogP contribution is 2.10. The van der Waals surface area contributed by atoms with Gasteiger partial charge in [0.25, 0.3) is 5.91 Å². The Morgan fingerprint density at radius 2 is 1.95 bits per heavy atom. The van der Waals surface area contributed by atoms with Crippen LogP contribution in [0, 0.1) is 6.92 Å². The van der Waals surface area contributed by atoms with E-state index in [1.807, 2.05) is 31.2 Å². The van der Waals surface area contributed by atoms with Crippen molar-refractivity contribution >= 4 is 11.7 Å². The minimum absolute atomic E-state index is 0.0430. The topological polar surface area (TPSA) is 51.1 Å². The normalized spacial score (nSPS) is 10.3. The highest BCUT2D eigenvalue weighted by molar-refractivity contribution is 5.99. The predicted molar refractivity (Wildman–Crippen MR) is 77.8 cm³/mol. The number of aromatic nitrogens is 1. The molecule has 0 spiro atoms. The number of benzene rings is 1. The van der Waals surface area contributed by atoms with Crippen LogP contribution in [0.15, 0.2) is 36.5 Å². The highest BCUT2D eigenvalue weighted by atomic mass is 16.2. The third-order valence-corrected chi connectivity index (χ3v) is 3.34. The van der Waals surface area contributed by atoms with Gasteiger partial charge in [0, 0.05) is 25.4 Å². The van der Waals surface area contributed by atoms with Crippen molar-refractivity contribution in [1.29, 1.82) is 0 Å². The largest absolute Gasteiger partial charge is 0.347 e. The van der Waals surface area contributed by atoms with Crippen molar-refractivity contribution < 1.29 is 9.59 Å². The number of nitrogens with zero attached hydrogens (tertiary/aromatic N) is 1. The Labute approximate surface area is 118 Å². The molecule has 1 aromatic carbocycles. The van der Waals surface area contributed by atoms with Crippen LogP contribution in [0.2, 0.25) is 0 Å². The third-order valence-electron chi connectivity index (χ3n) is 3.34. The van der Waals surface area contributed by atoms with E-state index in [0.717, 1.165) is 11.1 Å². The summed E-state index contributed by atoms with van der Waals surface area (Å²) < 4.78 is 1.67. The first-order chi connectivity index (χ1) is 9.49. The molecule has 0 aliphatic rings. The summed E-state index contributed by atoms with van der Waals surface area (Å²) in [5.41, 5.74) is 3.27. The average Bonchev–Trinajstić information content (AvgIpc) is 2.80. The summed E-state index contributed by atoms with van der Waals surface area (Å²) in [5.74, 6) is -0.221. The van der Waals surface area contributed by atoms with E-state index in [1.54, 1.807) is 23.9 Å². The van der Waals surface area contributed by atoms with Gasteiger partial charge in [0.15, 0.2) is 5.78 Å². The lowest BCUT2D eigenvalue weighted by Crippen LogP contribution is -2.25. The van der Waals surface area contributed by atoms with Gasteiger partial charge in [-0.15, -0.1) is 0 Å². The molecule has 20 heavy (non-hydrogen) atoms. The molecule has 0 aliphatic carbocycles. The van der Waals surface area contributed by atoms with Crippen molar-refractivity contribution in [3.8, 4) is 0 Å². The number of rotatable bonds is 4. The van der Waals surface area contributed by atoms with Gasteiger partial charge in [0.05, 0.1) is 0 Å². The lowest BCUT2D eigenvalue weighted by Gasteiger charge is -2.08. The minimum Gasteiger partial charge on any atom is -0.347 e. The lowest BCUT2D eigenvalue weighted by molar-refractivity contribution is 0.0942. The summed E-state index contributed by atoms with van der Waals surface area (Å²) in [6.07, 6.45) is 1.67. The molecule has 4 nitrogen and oxygen atoms in total. The second-order valence-electron chi connectivity index (χ2n) is 4.89. The molecule has 2 rings (SSSR count). The van der Waals surface area contributed by atoms with Crippen LogP contribution in [-0.2, 0) is 13.6 Å². The monoisotopic (exact) mass is 270 g/mol. The van der Waals surface area contributed by atoms with Crippen molar-refractivity contribution in [1.82, 2.24) is 9.88 Å². The molecular formula is C16H18N2O2. The maximum Gasteiger partial charge on any atom is 0.268 e. The van der Waals surface area contributed by atoms with Crippen molar-refractivity contribution in [2.45, 2.75) is 20.4 Å². The Kier molecular flexibility index (Phi) is 4.03. The Morgan fingerprint density at radius 1 is 1.25 bits per heavy atom. The van der Waals surface area contributed by atoms with Crippen LogP contribution in [0.1, 0.15) is 38.9 Å². The first-order valence-electron chi connectivity index (χ1n) is 6.49. The molecule has 0 saturated carbocycles. The number of aryl methyl sites for hydroxylation is 2. The molecule has 0 radical (unpaired) electrons. The molecule has 1 aromatic heterocycles. The van der Waals surface area contributed by atoms with Crippen LogP contribution in [0.25, 0.3) is 0 Å². The van der Waals surface area contributed by atoms with Crippen molar-refractivity contribution in [3.05, 3.63) is 58.9 Å². The van der Waals surface area contributed by atoms with Crippen molar-refractivity contribution in [2.75, 3.05) is 0 Å². The maximum absolute atomic E-state index is 12.1. The van der Waals surface area contributed by atoms with E-state index in [-0.39, 0.29) is 11.7 Å². The summed E-state index contributed by atoms with van der Waals surface area (Å²) >= 11 is 0. The van der Waals surface area contributed by atoms with Gasteiger partial charge < -0.3 is 9.88 Å². The standard InChI is InChI=1S/C16H18N2O2/c1-11-6-4-5-7-13(11)9-17-16(20)15-8-14(12(2)19)10-18(15)3/h4-8,10H,9H2,1-3H3,(H,17,20). The van der Waals surface area contributed by atoms with Crippen molar-refractivity contribution in [2.24, 2.45) is 7.05 Å². The number of nitrogens with one attached hydrogen (secondary N) is 1. The molecular weight excluding hydrogens is 252 g/mol. The average molecular weight is 270 g/mol. The first kappa shape index (κ1) is 14.1. The van der Waals surface area contributed by atoms with E-state index in [9.17, 15) is 9.59 Å². The molecule has 0 aliphatic heterocycles. The van der Waals surface area contributed by atoms with E-state index in [4.69, 9.17) is 0 Å². The number of ketones is 1. The second-order valence-corrected chi connectivity index (χ2v) is 4.89. The smallest absolute Gasteiger partial charge is 0.268 e. The Bertz CT molecular complexity index is 656. The fourth-order valence-electron chi connectivity index (χ4n) is 2.06. The minimum atomic E-state index is -0.178. The van der Waals surface area contributed by atoms with Gasteiger partial charge in [-0.2, -0.15) is 0 Å². The summed E-state index contributed by atoms with van der Waals surface area (Å²) in [6.45, 7) is 3.98. The van der Waals surface area contributed by atoms with E-state index < -0.39 is 0 Å². The van der Waals surface area contributed by atoms with Crippen LogP contribution in [0.3, 0.4) is 0 Å². The zero-order chi connectivity index (χ0) is 14.7. The van der Waals surface area contributed by atoms with E-state index in [1.165, 1.54) is 6.92 Å². The third kappa shape index (κ3) is 2.96. The highest BCUT2D eigenvalue weighted by Gasteiger charge is 2.13. The zero-order valence-electron chi connectivity index (χ0n) is 11.9. The zero-order valence-corrected chi connectivity index (χ0v) is 11.9. The molecule has 1 N–H and O–H groups in total. The number of hydrogen-bond donors (Lipinski definition) is 1. The number of amides is 1. The number of carbonyl (C=O) groups excluding carboxylic acids is 2. The van der Waals surface area contributed by atoms with Gasteiger partial charge in [-0.1, -0.05) is 24.3 Å². The predicted octanol–water partition coefficient (Wildman–Crippen LogP) is 2.47. The Hall–Kier alpha value is -2.36. The summed E-state index contributed by atoms with van der Waals surface area (Å²) in [6, 6.07) is 9.54. The Morgan fingerprint density at radius 3 is 2.55 bits per heavy atom. The van der Waals surface area contributed by atoms with Gasteiger partial charge in [0.1, 0.15) is 5.69 Å². The molecule has 1 heterocycles. The van der Waals surface area contributed by atoms with Gasteiger partial charge in [-0.25, -0.2) is 0 Å². The number of hydrogen-bond acceptors (Lipinski definition) is 2. The molecule has 0 unspecified atom stereocenters. The van der Waals surface area contributed by atoms with Crippen LogP contribution in [0.5, 0.6) is 0 Å². The van der Waals surface area contributed by atoms with Crippen LogP contribution in [-0.4, -0.2) is 16.3 Å². The molecule has 1 amide bonds. The SMILES string of the molecule is CC(=O)c1cc(C(=O)NCc2ccccc2C)n(C)c1. The molecule has 2 aromatic rings. The lowest BCUT2D eigenvalue weighted by atomic mass is 10.1. The van der Waals surface area contributed by atoms with Gasteiger partial charge in [-0.3, -0.25) is 9.59 Å². The summed E-state index contributed by atoms with van der Waals surface area (Å²) in [7, 11) is 1.76. The first-order valence-corrected chi connectivity index (χ1v) is 6.49. The van der Waals surface area contributed by atoms with Crippen LogP contribution in [0.4, 0.5) is 0 Å². The fraction of sp³-hybridized carbons (Fsp3) is 0.250. The fourth-order valence-corrected chi connectivity index (χ4v) is 2.06. The molecule has 0 saturated heterocycles. The Balaban J connectivity index is 2.09. The second kappa shape index (κ2) is 5.74. The molecule has 4 heteroatoms. The van der Waals surface area contributed by atoms with Crippen LogP contribution >= 0.6 is 0 Å². The van der Waals surface area contributed by atoms with Crippen molar-refractivity contribution in [3.63, 3.8) is 0 Å².